The summed E-state index contributed by atoms with van der Waals surface area (Å²) in [6.45, 7) is 3.91. The van der Waals surface area contributed by atoms with E-state index >= 15 is 0 Å². The molecular weight excluding hydrogens is 212 g/mol. The van der Waals surface area contributed by atoms with Gasteiger partial charge in [0.25, 0.3) is 0 Å². The first-order valence-corrected chi connectivity index (χ1v) is 7.25. The van der Waals surface area contributed by atoms with Crippen LogP contribution in [0.2, 0.25) is 0 Å². The molecular formula is C14H30N2O. The number of nitrogens with one attached hydrogen (secondary N) is 1. The highest BCUT2D eigenvalue weighted by molar-refractivity contribution is 4.81. The van der Waals surface area contributed by atoms with Crippen LogP contribution < -0.4 is 11.1 Å². The Hall–Kier alpha value is -0.120. The fraction of sp³-hybridized carbons (Fsp3) is 1.00. The Morgan fingerprint density at radius 1 is 1.41 bits per heavy atom. The topological polar surface area (TPSA) is 47.3 Å². The minimum atomic E-state index is 0.490. The van der Waals surface area contributed by atoms with Gasteiger partial charge in [0.15, 0.2) is 0 Å². The van der Waals surface area contributed by atoms with Gasteiger partial charge in [0, 0.05) is 19.2 Å². The first kappa shape index (κ1) is 14.9. The van der Waals surface area contributed by atoms with Crippen molar-refractivity contribution < 1.29 is 4.74 Å². The molecule has 0 bridgehead atoms. The van der Waals surface area contributed by atoms with E-state index in [9.17, 15) is 0 Å². The number of ether oxygens (including phenoxy) is 1. The van der Waals surface area contributed by atoms with Crippen LogP contribution in [0.5, 0.6) is 0 Å². The Balaban J connectivity index is 2.31. The Labute approximate surface area is 106 Å². The van der Waals surface area contributed by atoms with Crippen LogP contribution in [0.4, 0.5) is 0 Å². The van der Waals surface area contributed by atoms with Gasteiger partial charge in [-0.25, -0.2) is 0 Å². The molecule has 3 heteroatoms. The minimum absolute atomic E-state index is 0.490. The van der Waals surface area contributed by atoms with Crippen molar-refractivity contribution in [1.82, 2.24) is 5.32 Å². The second-order valence-corrected chi connectivity index (χ2v) is 5.39. The van der Waals surface area contributed by atoms with Crippen molar-refractivity contribution in [2.75, 3.05) is 20.3 Å². The third-order valence-electron chi connectivity index (χ3n) is 3.96. The lowest BCUT2D eigenvalue weighted by Crippen LogP contribution is -2.43. The molecule has 3 nitrogen and oxygen atoms in total. The number of hydrogen-bond donors (Lipinski definition) is 2. The highest BCUT2D eigenvalue weighted by atomic mass is 16.5. The highest BCUT2D eigenvalue weighted by Gasteiger charge is 2.22. The van der Waals surface area contributed by atoms with Gasteiger partial charge in [-0.1, -0.05) is 26.2 Å². The van der Waals surface area contributed by atoms with E-state index in [0.717, 1.165) is 31.9 Å². The van der Waals surface area contributed by atoms with Gasteiger partial charge in [-0.3, -0.25) is 0 Å². The summed E-state index contributed by atoms with van der Waals surface area (Å²) in [5.74, 6) is 0.930. The van der Waals surface area contributed by atoms with Crippen LogP contribution in [0.15, 0.2) is 0 Å². The van der Waals surface area contributed by atoms with Crippen molar-refractivity contribution in [2.24, 2.45) is 11.7 Å². The molecule has 3 unspecified atom stereocenters. The lowest BCUT2D eigenvalue weighted by Gasteiger charge is -2.32. The number of rotatable bonds is 8. The predicted octanol–water partition coefficient (Wildman–Crippen LogP) is 2.30. The smallest absolute Gasteiger partial charge is 0.0615 e. The summed E-state index contributed by atoms with van der Waals surface area (Å²) in [4.78, 5) is 0. The molecule has 3 atom stereocenters. The van der Waals surface area contributed by atoms with Crippen LogP contribution in [-0.4, -0.2) is 32.3 Å². The van der Waals surface area contributed by atoms with E-state index in [0.29, 0.717) is 12.1 Å². The maximum atomic E-state index is 5.58. The summed E-state index contributed by atoms with van der Waals surface area (Å²) in [5, 5.41) is 3.78. The molecule has 1 aliphatic rings. The Bertz CT molecular complexity index is 185. The zero-order valence-corrected chi connectivity index (χ0v) is 11.6. The molecule has 3 N–H and O–H groups in total. The van der Waals surface area contributed by atoms with E-state index in [1.54, 1.807) is 7.11 Å². The summed E-state index contributed by atoms with van der Waals surface area (Å²) in [6.07, 6.45) is 9.04. The summed E-state index contributed by atoms with van der Waals surface area (Å²) >= 11 is 0. The molecule has 0 aromatic carbocycles. The molecule has 102 valence electrons. The molecule has 1 saturated carbocycles. The van der Waals surface area contributed by atoms with Gasteiger partial charge in [-0.2, -0.15) is 0 Å². The fourth-order valence-electron chi connectivity index (χ4n) is 2.93. The SMILES string of the molecule is CCC1CCCC(NC(CCCN)COC)C1. The van der Waals surface area contributed by atoms with Crippen LogP contribution in [0.1, 0.15) is 51.9 Å². The molecule has 1 fully saturated rings. The van der Waals surface area contributed by atoms with Gasteiger partial charge in [0.1, 0.15) is 0 Å². The second-order valence-electron chi connectivity index (χ2n) is 5.39. The quantitative estimate of drug-likeness (QED) is 0.686. The zero-order chi connectivity index (χ0) is 12.5. The molecule has 0 saturated heterocycles. The van der Waals surface area contributed by atoms with E-state index in [4.69, 9.17) is 10.5 Å². The largest absolute Gasteiger partial charge is 0.383 e. The van der Waals surface area contributed by atoms with Gasteiger partial charge in [-0.15, -0.1) is 0 Å². The van der Waals surface area contributed by atoms with Crippen LogP contribution in [0, 0.1) is 5.92 Å². The lowest BCUT2D eigenvalue weighted by molar-refractivity contribution is 0.145. The van der Waals surface area contributed by atoms with Crippen molar-refractivity contribution in [3.63, 3.8) is 0 Å². The Morgan fingerprint density at radius 3 is 2.88 bits per heavy atom. The maximum absolute atomic E-state index is 5.58. The molecule has 0 amide bonds. The monoisotopic (exact) mass is 242 g/mol. The molecule has 0 aromatic heterocycles. The summed E-state index contributed by atoms with van der Waals surface area (Å²) in [6, 6.07) is 1.19. The van der Waals surface area contributed by atoms with Gasteiger partial charge in [0.05, 0.1) is 6.61 Å². The average Bonchev–Trinajstić information content (AvgIpc) is 2.36. The van der Waals surface area contributed by atoms with Crippen molar-refractivity contribution in [3.05, 3.63) is 0 Å². The van der Waals surface area contributed by atoms with E-state index in [1.807, 2.05) is 0 Å². The molecule has 0 aliphatic heterocycles. The molecule has 0 aromatic rings. The highest BCUT2D eigenvalue weighted by Crippen LogP contribution is 2.26. The first-order valence-electron chi connectivity index (χ1n) is 7.25. The van der Waals surface area contributed by atoms with Crippen molar-refractivity contribution in [2.45, 2.75) is 64.0 Å². The molecule has 0 spiro atoms. The maximum Gasteiger partial charge on any atom is 0.0615 e. The first-order chi connectivity index (χ1) is 8.30. The van der Waals surface area contributed by atoms with Crippen molar-refractivity contribution in [1.29, 1.82) is 0 Å². The van der Waals surface area contributed by atoms with E-state index in [1.165, 1.54) is 32.1 Å². The third-order valence-corrected chi connectivity index (χ3v) is 3.96. The summed E-state index contributed by atoms with van der Waals surface area (Å²) < 4.78 is 5.29. The zero-order valence-electron chi connectivity index (χ0n) is 11.6. The van der Waals surface area contributed by atoms with Gasteiger partial charge < -0.3 is 15.8 Å². The summed E-state index contributed by atoms with van der Waals surface area (Å²) in [5.41, 5.74) is 5.58. The van der Waals surface area contributed by atoms with Crippen LogP contribution in [0.3, 0.4) is 0 Å². The Morgan fingerprint density at radius 2 is 2.24 bits per heavy atom. The molecule has 0 heterocycles. The van der Waals surface area contributed by atoms with Gasteiger partial charge in [0.2, 0.25) is 0 Å². The lowest BCUT2D eigenvalue weighted by atomic mass is 9.84. The van der Waals surface area contributed by atoms with Crippen molar-refractivity contribution >= 4 is 0 Å². The van der Waals surface area contributed by atoms with Gasteiger partial charge >= 0.3 is 0 Å². The van der Waals surface area contributed by atoms with Gasteiger partial charge in [-0.05, 0) is 38.1 Å². The van der Waals surface area contributed by atoms with E-state index in [2.05, 4.69) is 12.2 Å². The normalized spacial score (nSPS) is 27.0. The van der Waals surface area contributed by atoms with E-state index < -0.39 is 0 Å². The molecule has 1 rings (SSSR count). The second kappa shape index (κ2) is 8.90. The average molecular weight is 242 g/mol. The van der Waals surface area contributed by atoms with E-state index in [-0.39, 0.29) is 0 Å². The third kappa shape index (κ3) is 5.84. The number of hydrogen-bond acceptors (Lipinski definition) is 3. The Kier molecular flexibility index (Phi) is 7.82. The summed E-state index contributed by atoms with van der Waals surface area (Å²) in [7, 11) is 1.78. The molecule has 1 aliphatic carbocycles. The van der Waals surface area contributed by atoms with Crippen molar-refractivity contribution in [3.8, 4) is 0 Å². The minimum Gasteiger partial charge on any atom is -0.383 e. The number of nitrogens with two attached hydrogens (primary N) is 1. The predicted molar refractivity (Wildman–Crippen MR) is 73.1 cm³/mol. The standard InChI is InChI=1S/C14H30N2O/c1-3-12-6-4-7-13(10-12)16-14(11-17-2)8-5-9-15/h12-14,16H,3-11,15H2,1-2H3. The van der Waals surface area contributed by atoms with Crippen LogP contribution >= 0.6 is 0 Å². The van der Waals surface area contributed by atoms with Crippen LogP contribution in [-0.2, 0) is 4.74 Å². The number of methoxy groups -OCH3 is 1. The molecule has 17 heavy (non-hydrogen) atoms. The molecule has 0 radical (unpaired) electrons. The fourth-order valence-corrected chi connectivity index (χ4v) is 2.93. The van der Waals surface area contributed by atoms with Crippen LogP contribution in [0.25, 0.3) is 0 Å².